The lowest BCUT2D eigenvalue weighted by atomic mass is 10.1. The lowest BCUT2D eigenvalue weighted by Crippen LogP contribution is -2.33. The average Bonchev–Trinajstić information content (AvgIpc) is 2.46. The number of hydrogen-bond acceptors (Lipinski definition) is 4. The fraction of sp³-hybridized carbons (Fsp3) is 0.562. The molecule has 0 spiro atoms. The maximum atomic E-state index is 11.3. The first-order chi connectivity index (χ1) is 9.56. The summed E-state index contributed by atoms with van der Waals surface area (Å²) in [5, 5.41) is 0. The monoisotopic (exact) mass is 279 g/mol. The van der Waals surface area contributed by atoms with E-state index in [1.54, 1.807) is 0 Å². The summed E-state index contributed by atoms with van der Waals surface area (Å²) in [6.07, 6.45) is 2.82. The summed E-state index contributed by atoms with van der Waals surface area (Å²) in [7, 11) is 1.34. The number of ether oxygens (including phenoxy) is 2. The van der Waals surface area contributed by atoms with Crippen LogP contribution >= 0.6 is 0 Å². The van der Waals surface area contributed by atoms with Gasteiger partial charge < -0.3 is 15.2 Å². The Kier molecular flexibility index (Phi) is 7.09. The van der Waals surface area contributed by atoms with E-state index in [1.807, 2.05) is 24.3 Å². The second-order valence-electron chi connectivity index (χ2n) is 5.18. The van der Waals surface area contributed by atoms with Gasteiger partial charge in [-0.15, -0.1) is 0 Å². The highest BCUT2D eigenvalue weighted by Gasteiger charge is 2.14. The van der Waals surface area contributed by atoms with E-state index in [0.717, 1.165) is 17.9 Å². The molecular formula is C16H25NO3. The normalized spacial score (nSPS) is 13.6. The second-order valence-corrected chi connectivity index (χ2v) is 5.18. The Bertz CT molecular complexity index is 403. The Morgan fingerprint density at radius 2 is 1.95 bits per heavy atom. The van der Waals surface area contributed by atoms with Crippen LogP contribution in [0.2, 0.25) is 0 Å². The first-order valence-corrected chi connectivity index (χ1v) is 7.12. The van der Waals surface area contributed by atoms with Gasteiger partial charge in [-0.3, -0.25) is 4.79 Å². The third-order valence-electron chi connectivity index (χ3n) is 3.20. The standard InChI is InChI=1S/C16H25NO3/c1-4-5-12(2)11-20-14-8-6-13(7-9-14)10-15(17)16(18)19-3/h6-9,12,15H,4-5,10-11,17H2,1-3H3. The molecule has 112 valence electrons. The molecule has 0 aliphatic rings. The van der Waals surface area contributed by atoms with Crippen LogP contribution in [0.1, 0.15) is 32.3 Å². The van der Waals surface area contributed by atoms with Gasteiger partial charge in [0.1, 0.15) is 11.8 Å². The maximum Gasteiger partial charge on any atom is 0.322 e. The molecule has 0 bridgehead atoms. The Labute approximate surface area is 121 Å². The van der Waals surface area contributed by atoms with Crippen molar-refractivity contribution >= 4 is 5.97 Å². The second kappa shape index (κ2) is 8.59. The number of nitrogens with two attached hydrogens (primary N) is 1. The van der Waals surface area contributed by atoms with E-state index in [1.165, 1.54) is 20.0 Å². The maximum absolute atomic E-state index is 11.3. The Hall–Kier alpha value is -1.55. The average molecular weight is 279 g/mol. The minimum Gasteiger partial charge on any atom is -0.493 e. The molecule has 1 rings (SSSR count). The van der Waals surface area contributed by atoms with E-state index in [4.69, 9.17) is 10.5 Å². The number of benzene rings is 1. The third kappa shape index (κ3) is 5.61. The van der Waals surface area contributed by atoms with Gasteiger partial charge in [-0.2, -0.15) is 0 Å². The molecule has 0 aromatic heterocycles. The number of esters is 1. The Morgan fingerprint density at radius 3 is 2.50 bits per heavy atom. The molecule has 1 aromatic carbocycles. The molecule has 0 aliphatic heterocycles. The quantitative estimate of drug-likeness (QED) is 0.743. The van der Waals surface area contributed by atoms with E-state index in [-0.39, 0.29) is 0 Å². The van der Waals surface area contributed by atoms with Crippen LogP contribution < -0.4 is 10.5 Å². The zero-order valence-electron chi connectivity index (χ0n) is 12.6. The van der Waals surface area contributed by atoms with Crippen LogP contribution in [0.15, 0.2) is 24.3 Å². The third-order valence-corrected chi connectivity index (χ3v) is 3.20. The van der Waals surface area contributed by atoms with Gasteiger partial charge in [0.05, 0.1) is 13.7 Å². The van der Waals surface area contributed by atoms with Gasteiger partial charge >= 0.3 is 5.97 Å². The van der Waals surface area contributed by atoms with Gasteiger partial charge in [0.2, 0.25) is 0 Å². The first kappa shape index (κ1) is 16.5. The molecule has 4 heteroatoms. The van der Waals surface area contributed by atoms with Gasteiger partial charge in [0.15, 0.2) is 0 Å². The van der Waals surface area contributed by atoms with Gasteiger partial charge in [-0.05, 0) is 36.5 Å². The van der Waals surface area contributed by atoms with E-state index in [9.17, 15) is 4.79 Å². The molecular weight excluding hydrogens is 254 g/mol. The molecule has 0 amide bonds. The van der Waals surface area contributed by atoms with E-state index < -0.39 is 12.0 Å². The zero-order chi connectivity index (χ0) is 15.0. The van der Waals surface area contributed by atoms with Crippen molar-refractivity contribution in [2.75, 3.05) is 13.7 Å². The SMILES string of the molecule is CCCC(C)COc1ccc(CC(N)C(=O)OC)cc1. The highest BCUT2D eigenvalue weighted by Crippen LogP contribution is 2.15. The van der Waals surface area contributed by atoms with Crippen LogP contribution in [0.4, 0.5) is 0 Å². The van der Waals surface area contributed by atoms with Crippen LogP contribution in [0.3, 0.4) is 0 Å². The molecule has 2 N–H and O–H groups in total. The summed E-state index contributed by atoms with van der Waals surface area (Å²) >= 11 is 0. The molecule has 0 radical (unpaired) electrons. The molecule has 0 heterocycles. The highest BCUT2D eigenvalue weighted by atomic mass is 16.5. The Morgan fingerprint density at radius 1 is 1.30 bits per heavy atom. The predicted molar refractivity (Wildman–Crippen MR) is 79.7 cm³/mol. The van der Waals surface area contributed by atoms with Gasteiger partial charge in [-0.1, -0.05) is 32.4 Å². The fourth-order valence-electron chi connectivity index (χ4n) is 2.03. The van der Waals surface area contributed by atoms with Crippen molar-refractivity contribution in [2.24, 2.45) is 11.7 Å². The van der Waals surface area contributed by atoms with Crippen LogP contribution in [0.5, 0.6) is 5.75 Å². The molecule has 0 saturated carbocycles. The van der Waals surface area contributed by atoms with Crippen LogP contribution in [-0.2, 0) is 16.0 Å². The summed E-state index contributed by atoms with van der Waals surface area (Å²) in [5.41, 5.74) is 6.72. The predicted octanol–water partition coefficient (Wildman–Crippen LogP) is 2.54. The number of carbonyl (C=O) groups is 1. The molecule has 2 atom stereocenters. The van der Waals surface area contributed by atoms with Crippen molar-refractivity contribution in [3.8, 4) is 5.75 Å². The van der Waals surface area contributed by atoms with E-state index in [2.05, 4.69) is 18.6 Å². The summed E-state index contributed by atoms with van der Waals surface area (Å²) in [6.45, 7) is 5.10. The van der Waals surface area contributed by atoms with E-state index >= 15 is 0 Å². The zero-order valence-corrected chi connectivity index (χ0v) is 12.6. The number of carbonyl (C=O) groups excluding carboxylic acids is 1. The number of rotatable bonds is 8. The van der Waals surface area contributed by atoms with Crippen LogP contribution in [0.25, 0.3) is 0 Å². The molecule has 2 unspecified atom stereocenters. The number of methoxy groups -OCH3 is 1. The van der Waals surface area contributed by atoms with Crippen molar-refractivity contribution in [3.05, 3.63) is 29.8 Å². The van der Waals surface area contributed by atoms with Crippen molar-refractivity contribution in [1.82, 2.24) is 0 Å². The van der Waals surface area contributed by atoms with E-state index in [0.29, 0.717) is 12.3 Å². The Balaban J connectivity index is 2.46. The van der Waals surface area contributed by atoms with Gasteiger partial charge in [0, 0.05) is 0 Å². The number of hydrogen-bond donors (Lipinski definition) is 1. The topological polar surface area (TPSA) is 61.5 Å². The largest absolute Gasteiger partial charge is 0.493 e. The molecule has 4 nitrogen and oxygen atoms in total. The lowest BCUT2D eigenvalue weighted by Gasteiger charge is -2.13. The lowest BCUT2D eigenvalue weighted by molar-refractivity contribution is -0.142. The highest BCUT2D eigenvalue weighted by molar-refractivity contribution is 5.75. The smallest absolute Gasteiger partial charge is 0.322 e. The fourth-order valence-corrected chi connectivity index (χ4v) is 2.03. The van der Waals surface area contributed by atoms with Crippen molar-refractivity contribution in [2.45, 2.75) is 39.2 Å². The molecule has 20 heavy (non-hydrogen) atoms. The molecule has 1 aromatic rings. The van der Waals surface area contributed by atoms with Crippen molar-refractivity contribution in [3.63, 3.8) is 0 Å². The molecule has 0 saturated heterocycles. The van der Waals surface area contributed by atoms with Crippen molar-refractivity contribution in [1.29, 1.82) is 0 Å². The minimum atomic E-state index is -0.614. The van der Waals surface area contributed by atoms with Crippen LogP contribution in [0, 0.1) is 5.92 Å². The summed E-state index contributed by atoms with van der Waals surface area (Å²) in [4.78, 5) is 11.3. The summed E-state index contributed by atoms with van der Waals surface area (Å²) in [6, 6.07) is 7.08. The summed E-state index contributed by atoms with van der Waals surface area (Å²) in [5.74, 6) is 1.02. The molecule has 0 fully saturated rings. The summed E-state index contributed by atoms with van der Waals surface area (Å²) < 4.78 is 10.3. The van der Waals surface area contributed by atoms with Gasteiger partial charge in [-0.25, -0.2) is 0 Å². The first-order valence-electron chi connectivity index (χ1n) is 7.12. The van der Waals surface area contributed by atoms with Crippen LogP contribution in [-0.4, -0.2) is 25.7 Å². The van der Waals surface area contributed by atoms with Gasteiger partial charge in [0.25, 0.3) is 0 Å². The molecule has 0 aliphatic carbocycles. The van der Waals surface area contributed by atoms with Crippen molar-refractivity contribution < 1.29 is 14.3 Å². The minimum absolute atomic E-state index is 0.390.